The fraction of sp³-hybridized carbons (Fsp3) is 0.882. The molecule has 0 heterocycles. The van der Waals surface area contributed by atoms with Crippen molar-refractivity contribution in [2.24, 2.45) is 0 Å². The number of carbonyl (C=O) groups excluding carboxylic acids is 3. The SMILES string of the molecule is CCC/C=C\C/C=C\CCCCCCCC(=O)OCC(COC(=O)CCCCCCCCCCCCCCCCCCCCCCCCCCCCCCCCCCCCC)OC(=O)CCCCCCC/C=C\CCCCCCCCC. The quantitative estimate of drug-likeness (QED) is 0.0261. The standard InChI is InChI=1S/C76H142O6/c1-4-7-10-13-16-19-22-25-27-29-30-31-32-33-34-35-36-37-38-39-40-41-42-43-44-45-46-47-49-51-54-57-60-63-66-69-75(78)81-72-73(71-80-74(77)68-65-62-59-56-53-50-24-21-18-15-12-9-6-3)82-76(79)70-67-64-61-58-55-52-48-28-26-23-20-17-14-11-8-5-2/h12,15,21,24,28,48,73H,4-11,13-14,16-20,22-23,25-27,29-47,49-72H2,1-3H3/b15-12-,24-21-,48-28-. The molecule has 0 saturated heterocycles. The van der Waals surface area contributed by atoms with Crippen molar-refractivity contribution in [3.8, 4) is 0 Å². The summed E-state index contributed by atoms with van der Waals surface area (Å²) in [6.45, 7) is 6.62. The maximum absolute atomic E-state index is 12.9. The third-order valence-electron chi connectivity index (χ3n) is 16.8. The van der Waals surface area contributed by atoms with Crippen LogP contribution in [0.15, 0.2) is 36.5 Å². The molecule has 0 aliphatic heterocycles. The van der Waals surface area contributed by atoms with Crippen LogP contribution < -0.4 is 0 Å². The van der Waals surface area contributed by atoms with E-state index in [1.807, 2.05) is 0 Å². The van der Waals surface area contributed by atoms with Crippen LogP contribution in [0.2, 0.25) is 0 Å². The number of hydrogen-bond donors (Lipinski definition) is 0. The van der Waals surface area contributed by atoms with Gasteiger partial charge in [-0.05, 0) is 70.6 Å². The normalized spacial score (nSPS) is 12.2. The Bertz CT molecular complexity index is 1370. The molecule has 0 radical (unpaired) electrons. The Hall–Kier alpha value is -2.37. The molecule has 0 aliphatic rings. The zero-order valence-corrected chi connectivity index (χ0v) is 55.5. The van der Waals surface area contributed by atoms with Crippen LogP contribution in [0.25, 0.3) is 0 Å². The molecule has 0 aliphatic carbocycles. The highest BCUT2D eigenvalue weighted by Crippen LogP contribution is 2.19. The van der Waals surface area contributed by atoms with E-state index in [0.29, 0.717) is 19.3 Å². The predicted molar refractivity (Wildman–Crippen MR) is 358 cm³/mol. The minimum Gasteiger partial charge on any atom is -0.462 e. The second kappa shape index (κ2) is 71.1. The van der Waals surface area contributed by atoms with Gasteiger partial charge in [-0.1, -0.05) is 359 Å². The van der Waals surface area contributed by atoms with E-state index in [9.17, 15) is 14.4 Å². The number of unbranched alkanes of at least 4 members (excludes halogenated alkanes) is 52. The molecular formula is C76H142O6. The zero-order valence-electron chi connectivity index (χ0n) is 55.5. The Labute approximate surface area is 512 Å². The summed E-state index contributed by atoms with van der Waals surface area (Å²) in [5.74, 6) is -0.874. The van der Waals surface area contributed by atoms with Crippen molar-refractivity contribution in [2.45, 2.75) is 419 Å². The second-order valence-electron chi connectivity index (χ2n) is 25.2. The van der Waals surface area contributed by atoms with Gasteiger partial charge in [0.25, 0.3) is 0 Å². The van der Waals surface area contributed by atoms with E-state index < -0.39 is 6.10 Å². The largest absolute Gasteiger partial charge is 0.462 e. The molecule has 82 heavy (non-hydrogen) atoms. The first-order valence-electron chi connectivity index (χ1n) is 37.0. The lowest BCUT2D eigenvalue weighted by atomic mass is 10.0. The molecule has 482 valence electrons. The summed E-state index contributed by atoms with van der Waals surface area (Å²) < 4.78 is 16.9. The molecule has 0 rings (SSSR count). The van der Waals surface area contributed by atoms with Crippen molar-refractivity contribution in [1.29, 1.82) is 0 Å². The first kappa shape index (κ1) is 79.6. The molecule has 0 fully saturated rings. The molecule has 0 N–H and O–H groups in total. The Morgan fingerprint density at radius 1 is 0.244 bits per heavy atom. The molecule has 1 unspecified atom stereocenters. The van der Waals surface area contributed by atoms with Crippen LogP contribution in [0.4, 0.5) is 0 Å². The fourth-order valence-electron chi connectivity index (χ4n) is 11.3. The van der Waals surface area contributed by atoms with Gasteiger partial charge in [-0.2, -0.15) is 0 Å². The van der Waals surface area contributed by atoms with Gasteiger partial charge in [0.05, 0.1) is 0 Å². The minimum atomic E-state index is -0.781. The van der Waals surface area contributed by atoms with Gasteiger partial charge in [0, 0.05) is 19.3 Å². The van der Waals surface area contributed by atoms with Crippen molar-refractivity contribution in [3.63, 3.8) is 0 Å². The summed E-state index contributed by atoms with van der Waals surface area (Å²) in [5.41, 5.74) is 0. The second-order valence-corrected chi connectivity index (χ2v) is 25.2. The third kappa shape index (κ3) is 68.4. The molecule has 1 atom stereocenters. The summed E-state index contributed by atoms with van der Waals surface area (Å²) in [6.07, 6.45) is 89.3. The van der Waals surface area contributed by atoms with Crippen molar-refractivity contribution < 1.29 is 28.6 Å². The number of allylic oxidation sites excluding steroid dienone is 6. The number of carbonyl (C=O) groups is 3. The Kier molecular flexibility index (Phi) is 69.1. The number of hydrogen-bond acceptors (Lipinski definition) is 6. The monoisotopic (exact) mass is 1150 g/mol. The van der Waals surface area contributed by atoms with Crippen LogP contribution in [-0.4, -0.2) is 37.2 Å². The van der Waals surface area contributed by atoms with Crippen LogP contribution in [-0.2, 0) is 28.6 Å². The lowest BCUT2D eigenvalue weighted by molar-refractivity contribution is -0.167. The molecule has 6 heteroatoms. The lowest BCUT2D eigenvalue weighted by Gasteiger charge is -2.18. The van der Waals surface area contributed by atoms with Gasteiger partial charge >= 0.3 is 17.9 Å². The van der Waals surface area contributed by atoms with E-state index >= 15 is 0 Å². The van der Waals surface area contributed by atoms with Crippen LogP contribution in [0, 0.1) is 0 Å². The predicted octanol–water partition coefficient (Wildman–Crippen LogP) is 25.5. The lowest BCUT2D eigenvalue weighted by Crippen LogP contribution is -2.30. The van der Waals surface area contributed by atoms with E-state index in [4.69, 9.17) is 14.2 Å². The van der Waals surface area contributed by atoms with Crippen molar-refractivity contribution in [1.82, 2.24) is 0 Å². The maximum atomic E-state index is 12.9. The summed E-state index contributed by atoms with van der Waals surface area (Å²) in [5, 5.41) is 0. The van der Waals surface area contributed by atoms with E-state index in [-0.39, 0.29) is 31.1 Å². The van der Waals surface area contributed by atoms with Gasteiger partial charge in [-0.25, -0.2) is 0 Å². The van der Waals surface area contributed by atoms with Gasteiger partial charge in [-0.3, -0.25) is 14.4 Å². The van der Waals surface area contributed by atoms with E-state index in [2.05, 4.69) is 57.2 Å². The first-order valence-corrected chi connectivity index (χ1v) is 37.0. The summed E-state index contributed by atoms with van der Waals surface area (Å²) in [4.78, 5) is 38.4. The van der Waals surface area contributed by atoms with E-state index in [1.165, 1.54) is 283 Å². The van der Waals surface area contributed by atoms with Gasteiger partial charge < -0.3 is 14.2 Å². The molecule has 0 amide bonds. The van der Waals surface area contributed by atoms with Gasteiger partial charge in [0.1, 0.15) is 13.2 Å². The molecule has 6 nitrogen and oxygen atoms in total. The third-order valence-corrected chi connectivity index (χ3v) is 16.8. The zero-order chi connectivity index (χ0) is 59.2. The van der Waals surface area contributed by atoms with Crippen LogP contribution in [0.3, 0.4) is 0 Å². The van der Waals surface area contributed by atoms with Gasteiger partial charge in [0.2, 0.25) is 0 Å². The van der Waals surface area contributed by atoms with E-state index in [1.54, 1.807) is 0 Å². The molecular weight excluding hydrogens is 1010 g/mol. The van der Waals surface area contributed by atoms with Crippen LogP contribution in [0.5, 0.6) is 0 Å². The highest BCUT2D eigenvalue weighted by atomic mass is 16.6. The molecule has 0 aromatic carbocycles. The molecule has 0 saturated carbocycles. The van der Waals surface area contributed by atoms with Gasteiger partial charge in [-0.15, -0.1) is 0 Å². The summed E-state index contributed by atoms with van der Waals surface area (Å²) in [6, 6.07) is 0. The number of ether oxygens (including phenoxy) is 3. The minimum absolute atomic E-state index is 0.0759. The fourth-order valence-corrected chi connectivity index (χ4v) is 11.3. The van der Waals surface area contributed by atoms with Gasteiger partial charge in [0.15, 0.2) is 6.10 Å². The molecule has 0 spiro atoms. The van der Waals surface area contributed by atoms with Crippen LogP contribution in [0.1, 0.15) is 412 Å². The topological polar surface area (TPSA) is 78.9 Å². The van der Waals surface area contributed by atoms with Crippen LogP contribution >= 0.6 is 0 Å². The molecule has 0 aromatic rings. The van der Waals surface area contributed by atoms with Crippen molar-refractivity contribution in [3.05, 3.63) is 36.5 Å². The number of rotatable bonds is 69. The average Bonchev–Trinajstić information content (AvgIpc) is 3.47. The van der Waals surface area contributed by atoms with E-state index in [0.717, 1.165) is 89.9 Å². The average molecular weight is 1150 g/mol. The summed E-state index contributed by atoms with van der Waals surface area (Å²) in [7, 11) is 0. The Morgan fingerprint density at radius 2 is 0.463 bits per heavy atom. The Balaban J connectivity index is 4.05. The van der Waals surface area contributed by atoms with Crippen molar-refractivity contribution >= 4 is 17.9 Å². The smallest absolute Gasteiger partial charge is 0.306 e. The first-order chi connectivity index (χ1) is 40.5. The molecule has 0 aromatic heterocycles. The highest BCUT2D eigenvalue weighted by molar-refractivity contribution is 5.71. The maximum Gasteiger partial charge on any atom is 0.306 e. The highest BCUT2D eigenvalue weighted by Gasteiger charge is 2.19. The number of esters is 3. The molecule has 0 bridgehead atoms. The Morgan fingerprint density at radius 3 is 0.732 bits per heavy atom. The van der Waals surface area contributed by atoms with Crippen molar-refractivity contribution in [2.75, 3.05) is 13.2 Å². The summed E-state index contributed by atoms with van der Waals surface area (Å²) >= 11 is 0.